The van der Waals surface area contributed by atoms with Crippen molar-refractivity contribution < 1.29 is 17.9 Å². The Morgan fingerprint density at radius 2 is 1.94 bits per heavy atom. The van der Waals surface area contributed by atoms with E-state index in [4.69, 9.17) is 16.3 Å². The zero-order valence-electron chi connectivity index (χ0n) is 19.3. The first-order valence-electron chi connectivity index (χ1n) is 11.0. The summed E-state index contributed by atoms with van der Waals surface area (Å²) in [6.07, 6.45) is -1.66. The summed E-state index contributed by atoms with van der Waals surface area (Å²) < 4.78 is 48.9. The van der Waals surface area contributed by atoms with Gasteiger partial charge >= 0.3 is 0 Å². The second-order valence-electron chi connectivity index (χ2n) is 8.36. The van der Waals surface area contributed by atoms with Gasteiger partial charge in [0.2, 0.25) is 5.95 Å². The number of fused-ring (bicyclic) bond motifs is 1. The minimum atomic E-state index is -3.03. The number of rotatable bonds is 4. The fraction of sp³-hybridized carbons (Fsp3) is 0.292. The molecule has 5 rings (SSSR count). The van der Waals surface area contributed by atoms with E-state index in [-0.39, 0.29) is 39.4 Å². The van der Waals surface area contributed by atoms with Gasteiger partial charge in [-0.05, 0) is 42.8 Å². The molecule has 0 aliphatic carbocycles. The molecule has 0 bridgehead atoms. The summed E-state index contributed by atoms with van der Waals surface area (Å²) in [6.45, 7) is 2.97. The molecule has 1 aliphatic heterocycles. The van der Waals surface area contributed by atoms with Gasteiger partial charge < -0.3 is 9.64 Å². The lowest BCUT2D eigenvalue weighted by Crippen LogP contribution is -2.39. The highest BCUT2D eigenvalue weighted by atomic mass is 35.5. The molecule has 1 fully saturated rings. The van der Waals surface area contributed by atoms with E-state index in [2.05, 4.69) is 19.9 Å². The van der Waals surface area contributed by atoms with E-state index in [0.29, 0.717) is 19.7 Å². The van der Waals surface area contributed by atoms with E-state index in [1.54, 1.807) is 11.1 Å². The van der Waals surface area contributed by atoms with Crippen LogP contribution in [-0.4, -0.2) is 44.2 Å². The highest BCUT2D eigenvalue weighted by Gasteiger charge is 2.28. The lowest BCUT2D eigenvalue weighted by molar-refractivity contribution is 0.0391. The summed E-state index contributed by atoms with van der Waals surface area (Å²) >= 11 is 5.91. The monoisotopic (exact) mass is 516 g/mol. The number of hydrogen-bond acceptors (Lipinski definition) is 7. The van der Waals surface area contributed by atoms with E-state index in [9.17, 15) is 18.0 Å². The molecule has 8 nitrogen and oxygen atoms in total. The molecule has 0 radical (unpaired) electrons. The lowest BCUT2D eigenvalue weighted by Gasteiger charge is -2.33. The van der Waals surface area contributed by atoms with Crippen molar-refractivity contribution in [1.29, 1.82) is 0 Å². The average molecular weight is 517 g/mol. The van der Waals surface area contributed by atoms with Crippen LogP contribution < -0.4 is 10.5 Å². The van der Waals surface area contributed by atoms with Gasteiger partial charge in [0.15, 0.2) is 11.3 Å². The van der Waals surface area contributed by atoms with Crippen molar-refractivity contribution in [2.45, 2.75) is 19.5 Å². The molecule has 0 saturated carbocycles. The Morgan fingerprint density at radius 1 is 1.14 bits per heavy atom. The summed E-state index contributed by atoms with van der Waals surface area (Å²) in [5.74, 6) is -1.37. The minimum Gasteiger partial charge on any atom is -0.370 e. The molecule has 4 heterocycles. The third-order valence-electron chi connectivity index (χ3n) is 5.97. The normalized spacial score (nSPS) is 16.2. The van der Waals surface area contributed by atoms with Crippen molar-refractivity contribution in [3.05, 3.63) is 74.8 Å². The number of halogens is 4. The molecule has 3 aromatic heterocycles. The third kappa shape index (κ3) is 4.40. The molecule has 12 heteroatoms. The summed E-state index contributed by atoms with van der Waals surface area (Å²) in [7, 11) is 1.19. The number of anilines is 1. The molecule has 1 saturated heterocycles. The van der Waals surface area contributed by atoms with E-state index in [0.717, 1.165) is 21.9 Å². The number of nitrogens with zero attached hydrogens (tertiary/aromatic N) is 6. The van der Waals surface area contributed by atoms with Gasteiger partial charge in [-0.25, -0.2) is 28.1 Å². The first-order valence-corrected chi connectivity index (χ1v) is 11.4. The molecule has 0 N–H and O–H groups in total. The van der Waals surface area contributed by atoms with Gasteiger partial charge in [-0.15, -0.1) is 0 Å². The first kappa shape index (κ1) is 24.1. The minimum absolute atomic E-state index is 0.0383. The van der Waals surface area contributed by atoms with Crippen molar-refractivity contribution in [3.8, 4) is 11.3 Å². The number of aryl methyl sites for hydroxylation is 1. The predicted molar refractivity (Wildman–Crippen MR) is 128 cm³/mol. The summed E-state index contributed by atoms with van der Waals surface area (Å²) in [6, 6.07) is 7.65. The molecule has 1 aliphatic rings. The quantitative estimate of drug-likeness (QED) is 0.397. The third-order valence-corrected chi connectivity index (χ3v) is 6.21. The van der Waals surface area contributed by atoms with Gasteiger partial charge in [0.05, 0.1) is 13.2 Å². The topological polar surface area (TPSA) is 86.0 Å². The van der Waals surface area contributed by atoms with Crippen LogP contribution in [0.2, 0.25) is 5.02 Å². The fourth-order valence-electron chi connectivity index (χ4n) is 4.16. The molecular weight excluding hydrogens is 497 g/mol. The standard InChI is InChI=1S/C24H20ClF3N6O2/c1-12-9-13(5-6-29-12)17-11-34(7-8-36-17)24-31-18(15-4-3-14(25)10-16(15)26)19-20(32-24)23(35)33(2)22(30-19)21(27)28/h3-6,9-10,17,21H,7-8,11H2,1-2H3/t17-/m1/s1. The van der Waals surface area contributed by atoms with Gasteiger partial charge in [-0.1, -0.05) is 11.6 Å². The highest BCUT2D eigenvalue weighted by Crippen LogP contribution is 2.32. The number of morpholine rings is 1. The molecule has 186 valence electrons. The van der Waals surface area contributed by atoms with Crippen LogP contribution in [0.15, 0.2) is 41.3 Å². The Labute approximate surface area is 208 Å². The van der Waals surface area contributed by atoms with Crippen molar-refractivity contribution in [2.75, 3.05) is 24.6 Å². The maximum atomic E-state index is 15.0. The first-order chi connectivity index (χ1) is 17.2. The van der Waals surface area contributed by atoms with Gasteiger partial charge in [0.1, 0.15) is 23.1 Å². The number of hydrogen-bond donors (Lipinski definition) is 0. The van der Waals surface area contributed by atoms with Gasteiger partial charge in [-0.3, -0.25) is 14.3 Å². The highest BCUT2D eigenvalue weighted by molar-refractivity contribution is 6.30. The van der Waals surface area contributed by atoms with Crippen LogP contribution in [0, 0.1) is 12.7 Å². The smallest absolute Gasteiger partial charge is 0.295 e. The Bertz CT molecular complexity index is 1530. The van der Waals surface area contributed by atoms with E-state index < -0.39 is 23.6 Å². The second-order valence-corrected chi connectivity index (χ2v) is 8.80. The van der Waals surface area contributed by atoms with Crippen LogP contribution in [0.25, 0.3) is 22.3 Å². The van der Waals surface area contributed by atoms with Crippen LogP contribution in [0.1, 0.15) is 29.6 Å². The van der Waals surface area contributed by atoms with Crippen molar-refractivity contribution in [3.63, 3.8) is 0 Å². The fourth-order valence-corrected chi connectivity index (χ4v) is 4.32. The van der Waals surface area contributed by atoms with E-state index in [1.165, 1.54) is 19.2 Å². The Kier molecular flexibility index (Phi) is 6.35. The van der Waals surface area contributed by atoms with Crippen LogP contribution in [0.3, 0.4) is 0 Å². The largest absolute Gasteiger partial charge is 0.370 e. The van der Waals surface area contributed by atoms with Crippen molar-refractivity contribution >= 4 is 28.6 Å². The maximum absolute atomic E-state index is 15.0. The molecule has 0 unspecified atom stereocenters. The van der Waals surface area contributed by atoms with Gasteiger partial charge in [0, 0.05) is 36.1 Å². The Hall–Kier alpha value is -3.57. The van der Waals surface area contributed by atoms with E-state index in [1.807, 2.05) is 19.1 Å². The zero-order chi connectivity index (χ0) is 25.6. The van der Waals surface area contributed by atoms with Crippen molar-refractivity contribution in [1.82, 2.24) is 24.5 Å². The molecule has 0 amide bonds. The number of benzene rings is 1. The van der Waals surface area contributed by atoms with Crippen LogP contribution in [0.5, 0.6) is 0 Å². The SMILES string of the molecule is Cc1cc([C@H]2CN(c3nc(-c4ccc(Cl)cc4F)c4nc(C(F)F)n(C)c(=O)c4n3)CCO2)ccn1. The Balaban J connectivity index is 1.69. The van der Waals surface area contributed by atoms with Crippen LogP contribution in [0.4, 0.5) is 19.1 Å². The summed E-state index contributed by atoms with van der Waals surface area (Å²) in [4.78, 5) is 32.0. The van der Waals surface area contributed by atoms with Gasteiger partial charge in [-0.2, -0.15) is 0 Å². The number of aromatic nitrogens is 5. The molecular formula is C24H20ClF3N6O2. The summed E-state index contributed by atoms with van der Waals surface area (Å²) in [5.41, 5.74) is 0.433. The average Bonchev–Trinajstić information content (AvgIpc) is 2.85. The van der Waals surface area contributed by atoms with Gasteiger partial charge in [0.25, 0.3) is 12.0 Å². The zero-order valence-corrected chi connectivity index (χ0v) is 20.0. The second kappa shape index (κ2) is 9.47. The summed E-state index contributed by atoms with van der Waals surface area (Å²) in [5, 5.41) is 0.149. The van der Waals surface area contributed by atoms with Crippen LogP contribution in [-0.2, 0) is 11.8 Å². The molecule has 1 aromatic carbocycles. The van der Waals surface area contributed by atoms with Crippen LogP contribution >= 0.6 is 11.6 Å². The lowest BCUT2D eigenvalue weighted by atomic mass is 10.1. The predicted octanol–water partition coefficient (Wildman–Crippen LogP) is 4.40. The molecule has 0 spiro atoms. The number of alkyl halides is 2. The Morgan fingerprint density at radius 3 is 2.67 bits per heavy atom. The molecule has 1 atom stereocenters. The van der Waals surface area contributed by atoms with E-state index >= 15 is 0 Å². The maximum Gasteiger partial charge on any atom is 0.295 e. The number of pyridine rings is 1. The molecule has 36 heavy (non-hydrogen) atoms. The van der Waals surface area contributed by atoms with Crippen molar-refractivity contribution in [2.24, 2.45) is 7.05 Å². The molecule has 4 aromatic rings. The number of ether oxygens (including phenoxy) is 1.